The standard InChI is InChI=1S/C12H16O3/c1-14-10-4-6-11(7-5-10)15-8-12(13)9-2-3-9/h4-7,9,12-13H,2-3,8H2,1H3. The highest BCUT2D eigenvalue weighted by Crippen LogP contribution is 2.32. The van der Waals surface area contributed by atoms with Gasteiger partial charge < -0.3 is 14.6 Å². The molecule has 0 heterocycles. The van der Waals surface area contributed by atoms with E-state index in [0.29, 0.717) is 12.5 Å². The van der Waals surface area contributed by atoms with E-state index >= 15 is 0 Å². The van der Waals surface area contributed by atoms with Gasteiger partial charge in [-0.1, -0.05) is 0 Å². The van der Waals surface area contributed by atoms with E-state index in [0.717, 1.165) is 24.3 Å². The molecule has 1 saturated carbocycles. The van der Waals surface area contributed by atoms with Gasteiger partial charge in [0.15, 0.2) is 0 Å². The van der Waals surface area contributed by atoms with Crippen molar-refractivity contribution in [2.75, 3.05) is 13.7 Å². The van der Waals surface area contributed by atoms with Crippen LogP contribution in [0.1, 0.15) is 12.8 Å². The van der Waals surface area contributed by atoms with E-state index in [-0.39, 0.29) is 6.10 Å². The minimum Gasteiger partial charge on any atom is -0.497 e. The second-order valence-electron chi connectivity index (χ2n) is 3.89. The second-order valence-corrected chi connectivity index (χ2v) is 3.89. The van der Waals surface area contributed by atoms with E-state index in [1.165, 1.54) is 0 Å². The van der Waals surface area contributed by atoms with E-state index in [9.17, 15) is 5.11 Å². The Hall–Kier alpha value is -1.22. The third kappa shape index (κ3) is 2.86. The number of ether oxygens (including phenoxy) is 2. The summed E-state index contributed by atoms with van der Waals surface area (Å²) in [5.74, 6) is 2.05. The quantitative estimate of drug-likeness (QED) is 0.802. The topological polar surface area (TPSA) is 38.7 Å². The van der Waals surface area contributed by atoms with Crippen LogP contribution in [0.3, 0.4) is 0 Å². The summed E-state index contributed by atoms with van der Waals surface area (Å²) in [5, 5.41) is 9.60. The van der Waals surface area contributed by atoms with E-state index in [1.54, 1.807) is 7.11 Å². The molecule has 1 aromatic rings. The lowest BCUT2D eigenvalue weighted by atomic mass is 10.2. The summed E-state index contributed by atoms with van der Waals surface area (Å²) in [7, 11) is 1.63. The van der Waals surface area contributed by atoms with Crippen LogP contribution in [0.4, 0.5) is 0 Å². The maximum Gasteiger partial charge on any atom is 0.119 e. The number of aliphatic hydroxyl groups excluding tert-OH is 1. The van der Waals surface area contributed by atoms with Gasteiger partial charge in [0, 0.05) is 0 Å². The molecule has 0 aliphatic heterocycles. The molecule has 15 heavy (non-hydrogen) atoms. The number of hydrogen-bond acceptors (Lipinski definition) is 3. The van der Waals surface area contributed by atoms with Crippen LogP contribution in [0.15, 0.2) is 24.3 Å². The predicted octanol–water partition coefficient (Wildman–Crippen LogP) is 1.84. The van der Waals surface area contributed by atoms with Crippen LogP contribution >= 0.6 is 0 Å². The van der Waals surface area contributed by atoms with Gasteiger partial charge in [0.25, 0.3) is 0 Å². The van der Waals surface area contributed by atoms with Gasteiger partial charge in [0.1, 0.15) is 18.1 Å². The van der Waals surface area contributed by atoms with Gasteiger partial charge in [0.2, 0.25) is 0 Å². The average Bonchev–Trinajstić information content (AvgIpc) is 3.10. The van der Waals surface area contributed by atoms with Crippen LogP contribution in [0.25, 0.3) is 0 Å². The molecule has 0 radical (unpaired) electrons. The van der Waals surface area contributed by atoms with Gasteiger partial charge in [-0.3, -0.25) is 0 Å². The second kappa shape index (κ2) is 4.53. The molecule has 1 fully saturated rings. The molecular formula is C12H16O3. The minimum atomic E-state index is -0.313. The lowest BCUT2D eigenvalue weighted by molar-refractivity contribution is 0.0894. The molecule has 2 rings (SSSR count). The summed E-state index contributed by atoms with van der Waals surface area (Å²) in [4.78, 5) is 0. The molecule has 1 aromatic carbocycles. The molecule has 1 aliphatic carbocycles. The van der Waals surface area contributed by atoms with Crippen molar-refractivity contribution in [3.63, 3.8) is 0 Å². The van der Waals surface area contributed by atoms with Crippen molar-refractivity contribution in [1.82, 2.24) is 0 Å². The normalized spacial score (nSPS) is 17.2. The SMILES string of the molecule is COc1ccc(OCC(O)C2CC2)cc1. The molecule has 0 saturated heterocycles. The summed E-state index contributed by atoms with van der Waals surface area (Å²) in [6.45, 7) is 0.386. The Morgan fingerprint density at radius 1 is 1.27 bits per heavy atom. The van der Waals surface area contributed by atoms with E-state index < -0.39 is 0 Å². The Labute approximate surface area is 89.6 Å². The largest absolute Gasteiger partial charge is 0.497 e. The zero-order valence-corrected chi connectivity index (χ0v) is 8.85. The van der Waals surface area contributed by atoms with Crippen molar-refractivity contribution in [2.24, 2.45) is 5.92 Å². The third-order valence-corrected chi connectivity index (χ3v) is 2.65. The summed E-state index contributed by atoms with van der Waals surface area (Å²) in [6, 6.07) is 7.38. The highest BCUT2D eigenvalue weighted by atomic mass is 16.5. The Morgan fingerprint density at radius 2 is 1.87 bits per heavy atom. The molecule has 1 unspecified atom stereocenters. The zero-order chi connectivity index (χ0) is 10.7. The summed E-state index contributed by atoms with van der Waals surface area (Å²) >= 11 is 0. The fourth-order valence-electron chi connectivity index (χ4n) is 1.47. The Balaban J connectivity index is 1.81. The van der Waals surface area contributed by atoms with E-state index in [4.69, 9.17) is 9.47 Å². The van der Waals surface area contributed by atoms with E-state index in [1.807, 2.05) is 24.3 Å². The molecule has 1 aliphatic rings. The first-order valence-corrected chi connectivity index (χ1v) is 5.24. The molecule has 3 nitrogen and oxygen atoms in total. The van der Waals surface area contributed by atoms with Crippen LogP contribution < -0.4 is 9.47 Å². The van der Waals surface area contributed by atoms with Gasteiger partial charge >= 0.3 is 0 Å². The average molecular weight is 208 g/mol. The van der Waals surface area contributed by atoms with Gasteiger partial charge in [-0.15, -0.1) is 0 Å². The van der Waals surface area contributed by atoms with Crippen molar-refractivity contribution in [3.05, 3.63) is 24.3 Å². The van der Waals surface area contributed by atoms with Gasteiger partial charge in [-0.25, -0.2) is 0 Å². The first-order valence-electron chi connectivity index (χ1n) is 5.24. The van der Waals surface area contributed by atoms with Crippen molar-refractivity contribution < 1.29 is 14.6 Å². The molecule has 1 atom stereocenters. The molecule has 3 heteroatoms. The van der Waals surface area contributed by atoms with E-state index in [2.05, 4.69) is 0 Å². The molecule has 0 amide bonds. The highest BCUT2D eigenvalue weighted by molar-refractivity contribution is 5.31. The summed E-state index contributed by atoms with van der Waals surface area (Å²) in [5.41, 5.74) is 0. The van der Waals surface area contributed by atoms with Gasteiger partial charge in [-0.2, -0.15) is 0 Å². The molecule has 0 aromatic heterocycles. The fraction of sp³-hybridized carbons (Fsp3) is 0.500. The maximum atomic E-state index is 9.60. The minimum absolute atomic E-state index is 0.313. The number of methoxy groups -OCH3 is 1. The summed E-state index contributed by atoms with van der Waals surface area (Å²) in [6.07, 6.45) is 1.95. The van der Waals surface area contributed by atoms with Crippen molar-refractivity contribution in [2.45, 2.75) is 18.9 Å². The first kappa shape index (κ1) is 10.3. The van der Waals surface area contributed by atoms with Crippen molar-refractivity contribution in [3.8, 4) is 11.5 Å². The summed E-state index contributed by atoms with van der Waals surface area (Å²) < 4.78 is 10.5. The van der Waals surface area contributed by atoms with Crippen LogP contribution in [-0.4, -0.2) is 24.9 Å². The monoisotopic (exact) mass is 208 g/mol. The Kier molecular flexibility index (Phi) is 3.11. The molecule has 0 spiro atoms. The third-order valence-electron chi connectivity index (χ3n) is 2.65. The number of hydrogen-bond donors (Lipinski definition) is 1. The van der Waals surface area contributed by atoms with Gasteiger partial charge in [-0.05, 0) is 43.0 Å². The molecule has 1 N–H and O–H groups in total. The Morgan fingerprint density at radius 3 is 2.40 bits per heavy atom. The molecule has 0 bridgehead atoms. The molecule has 82 valence electrons. The van der Waals surface area contributed by atoms with Crippen LogP contribution in [0.2, 0.25) is 0 Å². The zero-order valence-electron chi connectivity index (χ0n) is 8.85. The van der Waals surface area contributed by atoms with Crippen LogP contribution in [0.5, 0.6) is 11.5 Å². The number of aliphatic hydroxyl groups is 1. The Bertz CT molecular complexity index is 303. The van der Waals surface area contributed by atoms with Crippen LogP contribution in [-0.2, 0) is 0 Å². The predicted molar refractivity (Wildman–Crippen MR) is 57.2 cm³/mol. The number of benzene rings is 1. The fourth-order valence-corrected chi connectivity index (χ4v) is 1.47. The van der Waals surface area contributed by atoms with Crippen molar-refractivity contribution >= 4 is 0 Å². The van der Waals surface area contributed by atoms with Crippen LogP contribution in [0, 0.1) is 5.92 Å². The van der Waals surface area contributed by atoms with Gasteiger partial charge in [0.05, 0.1) is 13.2 Å². The lowest BCUT2D eigenvalue weighted by Crippen LogP contribution is -2.19. The maximum absolute atomic E-state index is 9.60. The smallest absolute Gasteiger partial charge is 0.119 e. The first-order chi connectivity index (χ1) is 7.29. The lowest BCUT2D eigenvalue weighted by Gasteiger charge is -2.11. The number of rotatable bonds is 5. The van der Waals surface area contributed by atoms with Crippen molar-refractivity contribution in [1.29, 1.82) is 0 Å². The highest BCUT2D eigenvalue weighted by Gasteiger charge is 2.29. The molecular weight excluding hydrogens is 192 g/mol.